The molecule has 2 aliphatic heterocycles. The van der Waals surface area contributed by atoms with Crippen molar-refractivity contribution in [3.05, 3.63) is 0 Å². The van der Waals surface area contributed by atoms with Gasteiger partial charge in [0.1, 0.15) is 0 Å². The van der Waals surface area contributed by atoms with Gasteiger partial charge in [0.25, 0.3) is 10.2 Å². The Balaban J connectivity index is 2.00. The number of amides is 1. The second-order valence-corrected chi connectivity index (χ2v) is 8.69. The summed E-state index contributed by atoms with van der Waals surface area (Å²) in [4.78, 5) is 12.3. The number of unbranched alkanes of at least 4 members (excludes halogenated alkanes) is 1. The van der Waals surface area contributed by atoms with Gasteiger partial charge < -0.3 is 5.32 Å². The molecule has 0 aliphatic carbocycles. The lowest BCUT2D eigenvalue weighted by Gasteiger charge is -2.40. The van der Waals surface area contributed by atoms with Gasteiger partial charge in [0.05, 0.1) is 5.92 Å². The van der Waals surface area contributed by atoms with Crippen LogP contribution in [0.3, 0.4) is 0 Å². The highest BCUT2D eigenvalue weighted by atomic mass is 32.2. The second-order valence-electron chi connectivity index (χ2n) is 6.81. The van der Waals surface area contributed by atoms with Crippen molar-refractivity contribution in [2.75, 3.05) is 26.2 Å². The minimum absolute atomic E-state index is 0.00388. The van der Waals surface area contributed by atoms with Gasteiger partial charge in [-0.1, -0.05) is 19.8 Å². The van der Waals surface area contributed by atoms with Crippen LogP contribution in [0.25, 0.3) is 0 Å². The van der Waals surface area contributed by atoms with Crippen LogP contribution in [0.15, 0.2) is 0 Å². The number of carbonyl (C=O) groups excluding carboxylic acids is 1. The molecule has 2 rings (SSSR count). The Morgan fingerprint density at radius 3 is 2.52 bits per heavy atom. The van der Waals surface area contributed by atoms with E-state index in [0.29, 0.717) is 26.2 Å². The monoisotopic (exact) mass is 345 g/mol. The summed E-state index contributed by atoms with van der Waals surface area (Å²) in [5.41, 5.74) is 0. The Bertz CT molecular complexity index is 489. The van der Waals surface area contributed by atoms with E-state index in [1.807, 2.05) is 6.92 Å². The third-order valence-corrected chi connectivity index (χ3v) is 7.08. The van der Waals surface area contributed by atoms with E-state index in [1.165, 1.54) is 0 Å². The number of hydrogen-bond acceptors (Lipinski definition) is 3. The Morgan fingerprint density at radius 2 is 1.87 bits per heavy atom. The topological polar surface area (TPSA) is 69.7 Å². The number of carbonyl (C=O) groups is 1. The van der Waals surface area contributed by atoms with E-state index in [2.05, 4.69) is 12.2 Å². The summed E-state index contributed by atoms with van der Waals surface area (Å²) >= 11 is 0. The maximum atomic E-state index is 12.9. The molecule has 0 aromatic carbocycles. The van der Waals surface area contributed by atoms with Crippen molar-refractivity contribution in [2.45, 2.75) is 64.8 Å². The van der Waals surface area contributed by atoms with Gasteiger partial charge in [-0.2, -0.15) is 17.0 Å². The van der Waals surface area contributed by atoms with Crippen molar-refractivity contribution in [1.82, 2.24) is 13.9 Å². The standard InChI is InChI=1S/C16H31N3O3S/c1-3-4-10-17-16(20)15-9-8-14(2)19(13-15)23(21,22)18-11-6-5-7-12-18/h14-15H,3-13H2,1-2H3,(H,17,20). The average molecular weight is 346 g/mol. The average Bonchev–Trinajstić information content (AvgIpc) is 2.56. The molecular weight excluding hydrogens is 314 g/mol. The molecule has 0 bridgehead atoms. The highest BCUT2D eigenvalue weighted by Gasteiger charge is 2.39. The van der Waals surface area contributed by atoms with E-state index in [9.17, 15) is 13.2 Å². The molecule has 1 N–H and O–H groups in total. The first-order valence-corrected chi connectivity index (χ1v) is 10.4. The molecule has 6 nitrogen and oxygen atoms in total. The van der Waals surface area contributed by atoms with Crippen LogP contribution in [0.4, 0.5) is 0 Å². The molecule has 0 aromatic rings. The summed E-state index contributed by atoms with van der Waals surface area (Å²) in [5, 5.41) is 2.95. The Hall–Kier alpha value is -0.660. The van der Waals surface area contributed by atoms with Crippen LogP contribution in [-0.4, -0.2) is 55.2 Å². The van der Waals surface area contributed by atoms with E-state index in [4.69, 9.17) is 0 Å². The van der Waals surface area contributed by atoms with Crippen LogP contribution < -0.4 is 5.32 Å². The largest absolute Gasteiger partial charge is 0.356 e. The fourth-order valence-corrected chi connectivity index (χ4v) is 5.33. The lowest BCUT2D eigenvalue weighted by atomic mass is 9.94. The predicted octanol–water partition coefficient (Wildman–Crippen LogP) is 1.73. The van der Waals surface area contributed by atoms with Gasteiger partial charge in [-0.15, -0.1) is 0 Å². The van der Waals surface area contributed by atoms with Gasteiger partial charge in [-0.25, -0.2) is 0 Å². The fourth-order valence-electron chi connectivity index (χ4n) is 3.39. The Kier molecular flexibility index (Phi) is 6.85. The predicted molar refractivity (Wildman–Crippen MR) is 91.2 cm³/mol. The van der Waals surface area contributed by atoms with E-state index in [0.717, 1.165) is 44.9 Å². The molecule has 0 saturated carbocycles. The number of rotatable bonds is 6. The maximum Gasteiger partial charge on any atom is 0.282 e. The van der Waals surface area contributed by atoms with Gasteiger partial charge >= 0.3 is 0 Å². The van der Waals surface area contributed by atoms with Gasteiger partial charge in [-0.05, 0) is 39.0 Å². The third-order valence-electron chi connectivity index (χ3n) is 4.96. The van der Waals surface area contributed by atoms with E-state index < -0.39 is 10.2 Å². The number of piperidine rings is 2. The lowest BCUT2D eigenvalue weighted by molar-refractivity contribution is -0.126. The maximum absolute atomic E-state index is 12.9. The minimum atomic E-state index is -3.44. The molecule has 1 amide bonds. The zero-order valence-electron chi connectivity index (χ0n) is 14.5. The van der Waals surface area contributed by atoms with Crippen LogP contribution in [0.1, 0.15) is 58.8 Å². The first kappa shape index (κ1) is 18.7. The molecule has 2 atom stereocenters. The molecule has 0 aromatic heterocycles. The molecule has 2 saturated heterocycles. The molecule has 7 heteroatoms. The highest BCUT2D eigenvalue weighted by Crippen LogP contribution is 2.27. The summed E-state index contributed by atoms with van der Waals surface area (Å²) in [7, 11) is -3.44. The van der Waals surface area contributed by atoms with Crippen LogP contribution in [0.5, 0.6) is 0 Å². The van der Waals surface area contributed by atoms with Gasteiger partial charge in [0, 0.05) is 32.2 Å². The van der Waals surface area contributed by atoms with Crippen LogP contribution in [0.2, 0.25) is 0 Å². The van der Waals surface area contributed by atoms with Crippen LogP contribution in [-0.2, 0) is 15.0 Å². The van der Waals surface area contributed by atoms with Crippen LogP contribution in [0, 0.1) is 5.92 Å². The van der Waals surface area contributed by atoms with E-state index in [-0.39, 0.29) is 17.9 Å². The molecule has 134 valence electrons. The summed E-state index contributed by atoms with van der Waals surface area (Å²) in [6, 6.07) is -0.0263. The smallest absolute Gasteiger partial charge is 0.282 e. The lowest BCUT2D eigenvalue weighted by Crippen LogP contribution is -2.54. The van der Waals surface area contributed by atoms with Crippen molar-refractivity contribution in [3.8, 4) is 0 Å². The first-order chi connectivity index (χ1) is 11.0. The van der Waals surface area contributed by atoms with E-state index >= 15 is 0 Å². The van der Waals surface area contributed by atoms with E-state index in [1.54, 1.807) is 8.61 Å². The molecule has 2 fully saturated rings. The molecule has 2 unspecified atom stereocenters. The van der Waals surface area contributed by atoms with Crippen molar-refractivity contribution in [1.29, 1.82) is 0 Å². The molecular formula is C16H31N3O3S. The van der Waals surface area contributed by atoms with Crippen molar-refractivity contribution in [3.63, 3.8) is 0 Å². The summed E-state index contributed by atoms with van der Waals surface area (Å²) in [5.74, 6) is -0.216. The molecule has 2 aliphatic rings. The Morgan fingerprint density at radius 1 is 1.17 bits per heavy atom. The van der Waals surface area contributed by atoms with Crippen molar-refractivity contribution in [2.24, 2.45) is 5.92 Å². The summed E-state index contributed by atoms with van der Waals surface area (Å²) < 4.78 is 29.0. The van der Waals surface area contributed by atoms with Gasteiger partial charge in [-0.3, -0.25) is 4.79 Å². The first-order valence-electron chi connectivity index (χ1n) is 9.01. The SMILES string of the molecule is CCCCNC(=O)C1CCC(C)N(S(=O)(=O)N2CCCCC2)C1. The normalized spacial score (nSPS) is 27.7. The molecule has 23 heavy (non-hydrogen) atoms. The van der Waals surface area contributed by atoms with Gasteiger partial charge in [0.15, 0.2) is 0 Å². The van der Waals surface area contributed by atoms with Crippen molar-refractivity contribution >= 4 is 16.1 Å². The summed E-state index contributed by atoms with van der Waals surface area (Å²) in [6.45, 7) is 6.25. The summed E-state index contributed by atoms with van der Waals surface area (Å²) in [6.07, 6.45) is 6.49. The fraction of sp³-hybridized carbons (Fsp3) is 0.938. The number of nitrogens with zero attached hydrogens (tertiary/aromatic N) is 2. The number of hydrogen-bond donors (Lipinski definition) is 1. The zero-order valence-corrected chi connectivity index (χ0v) is 15.3. The van der Waals surface area contributed by atoms with Crippen molar-refractivity contribution < 1.29 is 13.2 Å². The molecule has 0 spiro atoms. The van der Waals surface area contributed by atoms with Crippen LogP contribution >= 0.6 is 0 Å². The molecule has 0 radical (unpaired) electrons. The third kappa shape index (κ3) is 4.67. The zero-order chi connectivity index (χ0) is 16.9. The Labute approximate surface area is 140 Å². The quantitative estimate of drug-likeness (QED) is 0.746. The highest BCUT2D eigenvalue weighted by molar-refractivity contribution is 7.86. The minimum Gasteiger partial charge on any atom is -0.356 e. The van der Waals surface area contributed by atoms with Gasteiger partial charge in [0.2, 0.25) is 5.91 Å². The second kappa shape index (κ2) is 8.44. The number of nitrogens with one attached hydrogen (secondary N) is 1. The molecule has 2 heterocycles.